The third-order valence-corrected chi connectivity index (χ3v) is 6.52. The summed E-state index contributed by atoms with van der Waals surface area (Å²) in [4.78, 5) is 31.3. The van der Waals surface area contributed by atoms with Crippen molar-refractivity contribution in [3.8, 4) is 10.6 Å². The highest BCUT2D eigenvalue weighted by molar-refractivity contribution is 7.13. The van der Waals surface area contributed by atoms with Crippen LogP contribution in [0.4, 0.5) is 0 Å². The molecular weight excluding hydrogens is 360 g/mol. The molecule has 2 atom stereocenters. The summed E-state index contributed by atoms with van der Waals surface area (Å²) in [5.74, 6) is 0.0246. The Balaban J connectivity index is 1.35. The number of piperidine rings is 1. The van der Waals surface area contributed by atoms with Crippen molar-refractivity contribution in [2.75, 3.05) is 13.2 Å². The highest BCUT2D eigenvalue weighted by Gasteiger charge is 2.35. The number of esters is 1. The minimum atomic E-state index is -0.529. The fraction of sp³-hybridized carbons (Fsp3) is 0.476. The summed E-state index contributed by atoms with van der Waals surface area (Å²) in [6.45, 7) is 0.590. The molecule has 2 fully saturated rings. The number of carbonyl (C=O) groups is 2. The van der Waals surface area contributed by atoms with Crippen LogP contribution in [-0.4, -0.2) is 41.0 Å². The van der Waals surface area contributed by atoms with Gasteiger partial charge in [-0.25, -0.2) is 9.78 Å². The standard InChI is InChI=1S/C21H24N2O3S/c24-19(23-12-6-10-15-7-4-5-11-18(15)23)13-26-21(25)17-14-27-20(22-17)16-8-2-1-3-9-16/h1-3,8-9,14-15,18H,4-7,10-13H2/t15-,18+/m1/s1. The van der Waals surface area contributed by atoms with Crippen molar-refractivity contribution in [3.05, 3.63) is 41.4 Å². The number of ether oxygens (including phenoxy) is 1. The van der Waals surface area contributed by atoms with Crippen molar-refractivity contribution in [2.24, 2.45) is 5.92 Å². The summed E-state index contributed by atoms with van der Waals surface area (Å²) in [7, 11) is 0. The Hall–Kier alpha value is -2.21. The minimum absolute atomic E-state index is 0.0709. The third-order valence-electron chi connectivity index (χ3n) is 5.62. The van der Waals surface area contributed by atoms with Gasteiger partial charge in [0.2, 0.25) is 0 Å². The van der Waals surface area contributed by atoms with Crippen molar-refractivity contribution in [3.63, 3.8) is 0 Å². The monoisotopic (exact) mass is 384 g/mol. The number of nitrogens with zero attached hydrogens (tertiary/aromatic N) is 2. The first-order valence-electron chi connectivity index (χ1n) is 9.70. The molecule has 0 N–H and O–H groups in total. The van der Waals surface area contributed by atoms with Gasteiger partial charge in [0.1, 0.15) is 5.01 Å². The van der Waals surface area contributed by atoms with Crippen LogP contribution in [0, 0.1) is 5.92 Å². The van der Waals surface area contributed by atoms with E-state index in [1.807, 2.05) is 35.2 Å². The number of fused-ring (bicyclic) bond motifs is 1. The summed E-state index contributed by atoms with van der Waals surface area (Å²) < 4.78 is 5.29. The van der Waals surface area contributed by atoms with Gasteiger partial charge in [-0.2, -0.15) is 0 Å². The van der Waals surface area contributed by atoms with Crippen molar-refractivity contribution in [2.45, 2.75) is 44.6 Å². The number of aromatic nitrogens is 1. The van der Waals surface area contributed by atoms with Gasteiger partial charge in [-0.05, 0) is 31.6 Å². The Labute approximate surface area is 163 Å². The maximum Gasteiger partial charge on any atom is 0.358 e. The first-order valence-corrected chi connectivity index (χ1v) is 10.6. The zero-order chi connectivity index (χ0) is 18.6. The largest absolute Gasteiger partial charge is 0.451 e. The molecule has 2 heterocycles. The van der Waals surface area contributed by atoms with Gasteiger partial charge in [-0.1, -0.05) is 43.2 Å². The van der Waals surface area contributed by atoms with Crippen molar-refractivity contribution >= 4 is 23.2 Å². The normalized spacial score (nSPS) is 22.1. The minimum Gasteiger partial charge on any atom is -0.451 e. The van der Waals surface area contributed by atoms with E-state index in [0.717, 1.165) is 30.0 Å². The van der Waals surface area contributed by atoms with Gasteiger partial charge < -0.3 is 9.64 Å². The lowest BCUT2D eigenvalue weighted by molar-refractivity contribution is -0.140. The van der Waals surface area contributed by atoms with E-state index in [-0.39, 0.29) is 18.2 Å². The Bertz CT molecular complexity index is 803. The van der Waals surface area contributed by atoms with E-state index in [2.05, 4.69) is 4.98 Å². The summed E-state index contributed by atoms with van der Waals surface area (Å²) in [6, 6.07) is 10.1. The topological polar surface area (TPSA) is 59.5 Å². The Kier molecular flexibility index (Phi) is 5.53. The lowest BCUT2D eigenvalue weighted by Crippen LogP contribution is -2.50. The molecule has 0 spiro atoms. The van der Waals surface area contributed by atoms with Gasteiger partial charge in [0.25, 0.3) is 5.91 Å². The second-order valence-electron chi connectivity index (χ2n) is 7.32. The fourth-order valence-corrected chi connectivity index (χ4v) is 5.09. The van der Waals surface area contributed by atoms with E-state index in [9.17, 15) is 9.59 Å². The highest BCUT2D eigenvalue weighted by atomic mass is 32.1. The molecule has 27 heavy (non-hydrogen) atoms. The number of likely N-dealkylation sites (tertiary alicyclic amines) is 1. The second kappa shape index (κ2) is 8.21. The zero-order valence-electron chi connectivity index (χ0n) is 15.3. The van der Waals surface area contributed by atoms with E-state index < -0.39 is 5.97 Å². The molecule has 1 aromatic carbocycles. The molecule has 1 aromatic heterocycles. The molecule has 1 aliphatic heterocycles. The average molecular weight is 385 g/mol. The Morgan fingerprint density at radius 3 is 2.74 bits per heavy atom. The van der Waals surface area contributed by atoms with Crippen molar-refractivity contribution in [1.82, 2.24) is 9.88 Å². The van der Waals surface area contributed by atoms with Crippen LogP contribution in [0.1, 0.15) is 49.0 Å². The van der Waals surface area contributed by atoms with E-state index >= 15 is 0 Å². The highest BCUT2D eigenvalue weighted by Crippen LogP contribution is 2.35. The molecule has 142 valence electrons. The molecule has 1 aliphatic carbocycles. The van der Waals surface area contributed by atoms with Gasteiger partial charge in [0.15, 0.2) is 12.3 Å². The van der Waals surface area contributed by atoms with Crippen LogP contribution in [0.5, 0.6) is 0 Å². The van der Waals surface area contributed by atoms with Crippen molar-refractivity contribution in [1.29, 1.82) is 0 Å². The van der Waals surface area contributed by atoms with Crippen LogP contribution in [0.25, 0.3) is 10.6 Å². The molecule has 6 heteroatoms. The third kappa shape index (κ3) is 4.05. The summed E-state index contributed by atoms with van der Waals surface area (Å²) in [5.41, 5.74) is 1.23. The van der Waals surface area contributed by atoms with Gasteiger partial charge in [0.05, 0.1) is 0 Å². The molecular formula is C21H24N2O3S. The molecule has 2 aromatic rings. The molecule has 5 nitrogen and oxygen atoms in total. The van der Waals surface area contributed by atoms with Crippen LogP contribution in [0.3, 0.4) is 0 Å². The predicted molar refractivity (Wildman–Crippen MR) is 105 cm³/mol. The van der Waals surface area contributed by atoms with Crippen LogP contribution in [0.2, 0.25) is 0 Å². The van der Waals surface area contributed by atoms with E-state index in [4.69, 9.17) is 4.74 Å². The lowest BCUT2D eigenvalue weighted by atomic mass is 9.78. The van der Waals surface area contributed by atoms with Gasteiger partial charge in [-0.15, -0.1) is 11.3 Å². The van der Waals surface area contributed by atoms with Gasteiger partial charge >= 0.3 is 5.97 Å². The maximum absolute atomic E-state index is 12.6. The molecule has 2 aliphatic rings. The van der Waals surface area contributed by atoms with Crippen LogP contribution in [-0.2, 0) is 9.53 Å². The van der Waals surface area contributed by atoms with Gasteiger partial charge in [0, 0.05) is 23.5 Å². The number of hydrogen-bond donors (Lipinski definition) is 0. The average Bonchev–Trinajstić information content (AvgIpc) is 3.22. The molecule has 0 bridgehead atoms. The number of thiazole rings is 1. The Morgan fingerprint density at radius 2 is 1.89 bits per heavy atom. The number of rotatable bonds is 4. The number of hydrogen-bond acceptors (Lipinski definition) is 5. The maximum atomic E-state index is 12.6. The van der Waals surface area contributed by atoms with Crippen LogP contribution < -0.4 is 0 Å². The molecule has 0 unspecified atom stereocenters. The number of amides is 1. The van der Waals surface area contributed by atoms with Crippen molar-refractivity contribution < 1.29 is 14.3 Å². The number of carbonyl (C=O) groups excluding carboxylic acids is 2. The molecule has 4 rings (SSSR count). The molecule has 1 saturated carbocycles. The van der Waals surface area contributed by atoms with E-state index in [1.165, 1.54) is 37.0 Å². The molecule has 1 saturated heterocycles. The summed E-state index contributed by atoms with van der Waals surface area (Å²) in [6.07, 6.45) is 7.02. The number of benzene rings is 1. The van der Waals surface area contributed by atoms with Crippen LogP contribution in [0.15, 0.2) is 35.7 Å². The SMILES string of the molecule is O=C(OCC(=O)N1CCC[C@H]2CCCC[C@@H]21)c1csc(-c2ccccc2)n1. The Morgan fingerprint density at radius 1 is 1.11 bits per heavy atom. The lowest BCUT2D eigenvalue weighted by Gasteiger charge is -2.44. The first kappa shape index (κ1) is 18.2. The second-order valence-corrected chi connectivity index (χ2v) is 8.18. The predicted octanol–water partition coefficient (Wildman–Crippen LogP) is 4.15. The van der Waals surface area contributed by atoms with Gasteiger partial charge in [-0.3, -0.25) is 4.79 Å². The zero-order valence-corrected chi connectivity index (χ0v) is 16.1. The van der Waals surface area contributed by atoms with Crippen LogP contribution >= 0.6 is 11.3 Å². The summed E-state index contributed by atoms with van der Waals surface area (Å²) in [5, 5.41) is 2.46. The smallest absolute Gasteiger partial charge is 0.358 e. The summed E-state index contributed by atoms with van der Waals surface area (Å²) >= 11 is 1.40. The first-order chi connectivity index (χ1) is 13.2. The van der Waals surface area contributed by atoms with E-state index in [1.54, 1.807) is 5.38 Å². The fourth-order valence-electron chi connectivity index (χ4n) is 4.30. The quantitative estimate of drug-likeness (QED) is 0.743. The van der Waals surface area contributed by atoms with E-state index in [0.29, 0.717) is 12.0 Å². The molecule has 0 radical (unpaired) electrons. The molecule has 1 amide bonds.